The minimum absolute atomic E-state index is 0.321. The van der Waals surface area contributed by atoms with E-state index in [2.05, 4.69) is 12.2 Å². The topological polar surface area (TPSA) is 40.5 Å². The van der Waals surface area contributed by atoms with Crippen LogP contribution in [0.15, 0.2) is 12.2 Å². The SMILES string of the molecule is OCCCC/C=C/CCCCCCCCO. The average Bonchev–Trinajstić information content (AvgIpc) is 2.31. The number of rotatable bonds is 12. The highest BCUT2D eigenvalue weighted by atomic mass is 16.3. The lowest BCUT2D eigenvalue weighted by Crippen LogP contribution is -1.83. The number of allylic oxidation sites excluding steroid dienone is 2. The Morgan fingerprint density at radius 3 is 1.44 bits per heavy atom. The monoisotopic (exact) mass is 228 g/mol. The Bertz CT molecular complexity index is 144. The second-order valence-electron chi connectivity index (χ2n) is 4.32. The van der Waals surface area contributed by atoms with Crippen LogP contribution in [0.1, 0.15) is 64.2 Å². The highest BCUT2D eigenvalue weighted by molar-refractivity contribution is 4.81. The van der Waals surface area contributed by atoms with Crippen molar-refractivity contribution in [3.63, 3.8) is 0 Å². The summed E-state index contributed by atoms with van der Waals surface area (Å²) in [7, 11) is 0. The maximum Gasteiger partial charge on any atom is 0.0431 e. The van der Waals surface area contributed by atoms with Crippen LogP contribution < -0.4 is 0 Å². The molecule has 0 bridgehead atoms. The second kappa shape index (κ2) is 14.7. The zero-order chi connectivity index (χ0) is 11.9. The molecule has 0 aliphatic rings. The van der Waals surface area contributed by atoms with E-state index < -0.39 is 0 Å². The third-order valence-corrected chi connectivity index (χ3v) is 2.72. The van der Waals surface area contributed by atoms with Gasteiger partial charge in [-0.15, -0.1) is 0 Å². The van der Waals surface area contributed by atoms with E-state index in [4.69, 9.17) is 10.2 Å². The first-order chi connectivity index (χ1) is 7.91. The van der Waals surface area contributed by atoms with Crippen LogP contribution in [0, 0.1) is 0 Å². The molecule has 0 unspecified atom stereocenters. The highest BCUT2D eigenvalue weighted by Gasteiger charge is 1.89. The van der Waals surface area contributed by atoms with Crippen molar-refractivity contribution in [3.8, 4) is 0 Å². The number of aliphatic hydroxyl groups excluding tert-OH is 2. The third-order valence-electron chi connectivity index (χ3n) is 2.72. The number of unbranched alkanes of at least 4 members (excludes halogenated alkanes) is 8. The predicted octanol–water partition coefficient (Wildman–Crippen LogP) is 3.43. The van der Waals surface area contributed by atoms with Gasteiger partial charge in [-0.25, -0.2) is 0 Å². The molecule has 0 saturated carbocycles. The molecule has 0 aromatic carbocycles. The molecule has 0 saturated heterocycles. The van der Waals surface area contributed by atoms with Crippen molar-refractivity contribution in [1.29, 1.82) is 0 Å². The molecular weight excluding hydrogens is 200 g/mol. The molecule has 96 valence electrons. The van der Waals surface area contributed by atoms with Crippen molar-refractivity contribution in [2.24, 2.45) is 0 Å². The molecule has 0 amide bonds. The van der Waals surface area contributed by atoms with E-state index in [-0.39, 0.29) is 0 Å². The largest absolute Gasteiger partial charge is 0.396 e. The van der Waals surface area contributed by atoms with E-state index in [1.165, 1.54) is 38.5 Å². The molecule has 0 atom stereocenters. The Labute approximate surface area is 100 Å². The molecule has 0 heterocycles. The number of hydrogen-bond donors (Lipinski definition) is 2. The van der Waals surface area contributed by atoms with Gasteiger partial charge in [0.1, 0.15) is 0 Å². The van der Waals surface area contributed by atoms with Crippen molar-refractivity contribution in [1.82, 2.24) is 0 Å². The minimum atomic E-state index is 0.321. The van der Waals surface area contributed by atoms with Gasteiger partial charge in [-0.3, -0.25) is 0 Å². The molecule has 2 N–H and O–H groups in total. The molecule has 0 spiro atoms. The summed E-state index contributed by atoms with van der Waals surface area (Å²) in [5.74, 6) is 0. The summed E-state index contributed by atoms with van der Waals surface area (Å²) >= 11 is 0. The van der Waals surface area contributed by atoms with E-state index in [9.17, 15) is 0 Å². The Kier molecular flexibility index (Phi) is 14.3. The molecule has 2 nitrogen and oxygen atoms in total. The van der Waals surface area contributed by atoms with Gasteiger partial charge in [-0.2, -0.15) is 0 Å². The zero-order valence-corrected chi connectivity index (χ0v) is 10.5. The van der Waals surface area contributed by atoms with Crippen LogP contribution in [0.5, 0.6) is 0 Å². The van der Waals surface area contributed by atoms with Crippen molar-refractivity contribution in [3.05, 3.63) is 12.2 Å². The lowest BCUT2D eigenvalue weighted by atomic mass is 10.1. The van der Waals surface area contributed by atoms with E-state index in [1.807, 2.05) is 0 Å². The van der Waals surface area contributed by atoms with Crippen LogP contribution in [-0.4, -0.2) is 23.4 Å². The molecule has 2 heteroatoms. The maximum absolute atomic E-state index is 8.60. The molecule has 0 aliphatic carbocycles. The second-order valence-corrected chi connectivity index (χ2v) is 4.32. The lowest BCUT2D eigenvalue weighted by molar-refractivity contribution is 0.282. The van der Waals surface area contributed by atoms with Gasteiger partial charge >= 0.3 is 0 Å². The summed E-state index contributed by atoms with van der Waals surface area (Å²) < 4.78 is 0. The molecule has 0 radical (unpaired) electrons. The van der Waals surface area contributed by atoms with Gasteiger partial charge < -0.3 is 10.2 Å². The van der Waals surface area contributed by atoms with E-state index in [0.29, 0.717) is 13.2 Å². The van der Waals surface area contributed by atoms with Gasteiger partial charge in [0.15, 0.2) is 0 Å². The van der Waals surface area contributed by atoms with Crippen molar-refractivity contribution in [2.45, 2.75) is 64.2 Å². The lowest BCUT2D eigenvalue weighted by Gasteiger charge is -1.98. The van der Waals surface area contributed by atoms with Crippen LogP contribution in [-0.2, 0) is 0 Å². The van der Waals surface area contributed by atoms with Crippen LogP contribution in [0.2, 0.25) is 0 Å². The highest BCUT2D eigenvalue weighted by Crippen LogP contribution is 2.07. The van der Waals surface area contributed by atoms with Crippen LogP contribution >= 0.6 is 0 Å². The molecule has 0 fully saturated rings. The fourth-order valence-corrected chi connectivity index (χ4v) is 1.69. The van der Waals surface area contributed by atoms with Gasteiger partial charge in [-0.05, 0) is 38.5 Å². The predicted molar refractivity (Wildman–Crippen MR) is 69.5 cm³/mol. The van der Waals surface area contributed by atoms with Crippen LogP contribution in [0.4, 0.5) is 0 Å². The summed E-state index contributed by atoms with van der Waals surface area (Å²) in [5.41, 5.74) is 0. The van der Waals surface area contributed by atoms with Crippen LogP contribution in [0.3, 0.4) is 0 Å². The third kappa shape index (κ3) is 13.7. The van der Waals surface area contributed by atoms with Crippen molar-refractivity contribution < 1.29 is 10.2 Å². The summed E-state index contributed by atoms with van der Waals surface area (Å²) in [6, 6.07) is 0. The first-order valence-corrected chi connectivity index (χ1v) is 6.78. The summed E-state index contributed by atoms with van der Waals surface area (Å²) in [6.07, 6.45) is 16.1. The van der Waals surface area contributed by atoms with Crippen LogP contribution in [0.25, 0.3) is 0 Å². The van der Waals surface area contributed by atoms with Gasteiger partial charge in [0, 0.05) is 13.2 Å². The Hall–Kier alpha value is -0.340. The quantitative estimate of drug-likeness (QED) is 0.397. The fraction of sp³-hybridized carbons (Fsp3) is 0.857. The fourth-order valence-electron chi connectivity index (χ4n) is 1.69. The average molecular weight is 228 g/mol. The normalized spacial score (nSPS) is 11.4. The molecule has 0 rings (SSSR count). The van der Waals surface area contributed by atoms with Gasteiger partial charge in [-0.1, -0.05) is 37.8 Å². The maximum atomic E-state index is 8.60. The first kappa shape index (κ1) is 15.7. The molecule has 16 heavy (non-hydrogen) atoms. The smallest absolute Gasteiger partial charge is 0.0431 e. The molecule has 0 aromatic rings. The first-order valence-electron chi connectivity index (χ1n) is 6.78. The van der Waals surface area contributed by atoms with E-state index >= 15 is 0 Å². The summed E-state index contributed by atoms with van der Waals surface area (Å²) in [4.78, 5) is 0. The van der Waals surface area contributed by atoms with Crippen molar-refractivity contribution in [2.75, 3.05) is 13.2 Å². The number of hydrogen-bond acceptors (Lipinski definition) is 2. The van der Waals surface area contributed by atoms with E-state index in [1.54, 1.807) is 0 Å². The Balaban J connectivity index is 2.97. The van der Waals surface area contributed by atoms with Crippen molar-refractivity contribution >= 4 is 0 Å². The Morgan fingerprint density at radius 2 is 0.875 bits per heavy atom. The zero-order valence-electron chi connectivity index (χ0n) is 10.5. The van der Waals surface area contributed by atoms with Gasteiger partial charge in [0.25, 0.3) is 0 Å². The Morgan fingerprint density at radius 1 is 0.500 bits per heavy atom. The minimum Gasteiger partial charge on any atom is -0.396 e. The standard InChI is InChI=1S/C14H28O2/c15-13-11-9-7-5-3-1-2-4-6-8-10-12-14-16/h3,5,15-16H,1-2,4,6-14H2/b5-3+. The van der Waals surface area contributed by atoms with Gasteiger partial charge in [0.05, 0.1) is 0 Å². The van der Waals surface area contributed by atoms with Gasteiger partial charge in [0.2, 0.25) is 0 Å². The summed E-state index contributed by atoms with van der Waals surface area (Å²) in [6.45, 7) is 0.665. The van der Waals surface area contributed by atoms with E-state index in [0.717, 1.165) is 25.7 Å². The molecule has 0 aromatic heterocycles. The number of aliphatic hydroxyl groups is 2. The molecular formula is C14H28O2. The molecule has 0 aliphatic heterocycles. The summed E-state index contributed by atoms with van der Waals surface area (Å²) in [5, 5.41) is 17.2.